The van der Waals surface area contributed by atoms with E-state index in [1.165, 1.54) is 0 Å². The van der Waals surface area contributed by atoms with Crippen molar-refractivity contribution in [2.75, 3.05) is 6.54 Å². The van der Waals surface area contributed by atoms with Crippen LogP contribution in [0.25, 0.3) is 0 Å². The molecule has 0 bridgehead atoms. The molecule has 1 radical (unpaired) electrons. The van der Waals surface area contributed by atoms with Gasteiger partial charge in [-0.1, -0.05) is 29.3 Å². The summed E-state index contributed by atoms with van der Waals surface area (Å²) in [5.74, 6) is 0. The second-order valence-electron chi connectivity index (χ2n) is 3.46. The van der Waals surface area contributed by atoms with Crippen LogP contribution in [0.5, 0.6) is 0 Å². The molecule has 0 aromatic heterocycles. The van der Waals surface area contributed by atoms with Gasteiger partial charge < -0.3 is 10.4 Å². The summed E-state index contributed by atoms with van der Waals surface area (Å²) in [6.45, 7) is 5.92. The highest BCUT2D eigenvalue weighted by Gasteiger charge is 2.07. The summed E-state index contributed by atoms with van der Waals surface area (Å²) >= 11 is 11.7. The number of halogens is 2. The third-order valence-electron chi connectivity index (χ3n) is 2.10. The monoisotopic (exact) mass is 246 g/mol. The van der Waals surface area contributed by atoms with E-state index in [1.54, 1.807) is 6.07 Å². The number of rotatable bonds is 4. The van der Waals surface area contributed by atoms with Gasteiger partial charge in [-0.25, -0.2) is 0 Å². The van der Waals surface area contributed by atoms with Gasteiger partial charge in [-0.15, -0.1) is 0 Å². The predicted octanol–water partition coefficient (Wildman–Crippen LogP) is 2.84. The van der Waals surface area contributed by atoms with Crippen LogP contribution in [0.4, 0.5) is 0 Å². The molecule has 2 atom stereocenters. The molecule has 0 saturated heterocycles. The van der Waals surface area contributed by atoms with Crippen molar-refractivity contribution in [3.8, 4) is 0 Å². The van der Waals surface area contributed by atoms with Gasteiger partial charge in [0.1, 0.15) is 0 Å². The van der Waals surface area contributed by atoms with Crippen LogP contribution in [0.15, 0.2) is 18.2 Å². The first-order chi connectivity index (χ1) is 7.00. The Labute approximate surface area is 100 Å². The van der Waals surface area contributed by atoms with Crippen LogP contribution in [0.2, 0.25) is 10.0 Å². The lowest BCUT2D eigenvalue weighted by atomic mass is 10.1. The number of aliphatic hydroxyl groups excluding tert-OH is 1. The standard InChI is InChI=1S/C11H14Cl2NO/c1-7(15)6-14-8(2)9-3-4-10(12)11(13)5-9/h3-5,7-8,14-15H,1,6H2,2H3/t7-,8-/m0/s1. The van der Waals surface area contributed by atoms with E-state index < -0.39 is 6.10 Å². The van der Waals surface area contributed by atoms with Gasteiger partial charge in [0, 0.05) is 12.6 Å². The van der Waals surface area contributed by atoms with Crippen LogP contribution in [-0.2, 0) is 0 Å². The van der Waals surface area contributed by atoms with Crippen LogP contribution < -0.4 is 5.32 Å². The number of hydrogen-bond acceptors (Lipinski definition) is 2. The largest absolute Gasteiger partial charge is 0.392 e. The number of hydrogen-bond donors (Lipinski definition) is 2. The molecule has 0 unspecified atom stereocenters. The van der Waals surface area contributed by atoms with E-state index in [0.29, 0.717) is 16.6 Å². The molecule has 83 valence electrons. The Morgan fingerprint density at radius 2 is 2.07 bits per heavy atom. The van der Waals surface area contributed by atoms with Crippen LogP contribution in [0, 0.1) is 6.92 Å². The van der Waals surface area contributed by atoms with E-state index >= 15 is 0 Å². The Bertz CT molecular complexity index is 328. The smallest absolute Gasteiger partial charge is 0.0665 e. The summed E-state index contributed by atoms with van der Waals surface area (Å²) in [6, 6.07) is 5.59. The Balaban J connectivity index is 2.65. The van der Waals surface area contributed by atoms with Gasteiger partial charge in [-0.05, 0) is 31.5 Å². The molecule has 0 fully saturated rings. The summed E-state index contributed by atoms with van der Waals surface area (Å²) in [6.07, 6.45) is -0.602. The Kier molecular flexibility index (Phi) is 4.87. The average Bonchev–Trinajstić information content (AvgIpc) is 2.18. The molecule has 0 aliphatic heterocycles. The quantitative estimate of drug-likeness (QED) is 0.857. The Hall–Kier alpha value is -0.280. The minimum Gasteiger partial charge on any atom is -0.392 e. The summed E-state index contributed by atoms with van der Waals surface area (Å²) < 4.78 is 0. The number of aliphatic hydroxyl groups is 1. The molecule has 2 nitrogen and oxygen atoms in total. The molecule has 0 spiro atoms. The van der Waals surface area contributed by atoms with Gasteiger partial charge >= 0.3 is 0 Å². The molecule has 1 aromatic carbocycles. The second kappa shape index (κ2) is 5.71. The summed E-state index contributed by atoms with van der Waals surface area (Å²) in [7, 11) is 0. The van der Waals surface area contributed by atoms with Crippen molar-refractivity contribution in [3.05, 3.63) is 40.7 Å². The van der Waals surface area contributed by atoms with Gasteiger partial charge in [0.2, 0.25) is 0 Å². The van der Waals surface area contributed by atoms with Crippen molar-refractivity contribution in [2.24, 2.45) is 0 Å². The number of nitrogens with one attached hydrogen (secondary N) is 1. The lowest BCUT2D eigenvalue weighted by molar-refractivity contribution is 0.212. The van der Waals surface area contributed by atoms with Gasteiger partial charge in [0.15, 0.2) is 0 Å². The van der Waals surface area contributed by atoms with Crippen LogP contribution in [0.3, 0.4) is 0 Å². The molecule has 0 aliphatic rings. The molecular formula is C11H14Cl2NO. The highest BCUT2D eigenvalue weighted by atomic mass is 35.5. The van der Waals surface area contributed by atoms with Crippen molar-refractivity contribution in [1.82, 2.24) is 5.32 Å². The fraction of sp³-hybridized carbons (Fsp3) is 0.364. The minimum absolute atomic E-state index is 0.108. The van der Waals surface area contributed by atoms with E-state index in [0.717, 1.165) is 5.56 Å². The lowest BCUT2D eigenvalue weighted by Crippen LogP contribution is -2.27. The molecule has 15 heavy (non-hydrogen) atoms. The fourth-order valence-electron chi connectivity index (χ4n) is 1.21. The van der Waals surface area contributed by atoms with Gasteiger partial charge in [0.25, 0.3) is 0 Å². The zero-order chi connectivity index (χ0) is 11.4. The van der Waals surface area contributed by atoms with Crippen molar-refractivity contribution < 1.29 is 5.11 Å². The number of benzene rings is 1. The molecule has 2 N–H and O–H groups in total. The first kappa shape index (κ1) is 12.8. The normalized spacial score (nSPS) is 15.0. The third-order valence-corrected chi connectivity index (χ3v) is 2.84. The summed E-state index contributed by atoms with van der Waals surface area (Å²) in [5.41, 5.74) is 1.03. The first-order valence-electron chi connectivity index (χ1n) is 4.70. The van der Waals surface area contributed by atoms with E-state index in [2.05, 4.69) is 12.2 Å². The molecule has 0 amide bonds. The average molecular weight is 247 g/mol. The molecule has 0 saturated carbocycles. The van der Waals surface area contributed by atoms with Crippen molar-refractivity contribution in [3.63, 3.8) is 0 Å². The SMILES string of the molecule is [CH2][C@H](O)CN[C@@H](C)c1ccc(Cl)c(Cl)c1. The molecule has 0 heterocycles. The van der Waals surface area contributed by atoms with Crippen LogP contribution >= 0.6 is 23.2 Å². The maximum absolute atomic E-state index is 9.03. The topological polar surface area (TPSA) is 32.3 Å². The molecule has 4 heteroatoms. The Morgan fingerprint density at radius 3 is 2.60 bits per heavy atom. The minimum atomic E-state index is -0.602. The highest BCUT2D eigenvalue weighted by Crippen LogP contribution is 2.25. The highest BCUT2D eigenvalue weighted by molar-refractivity contribution is 6.42. The van der Waals surface area contributed by atoms with Crippen LogP contribution in [-0.4, -0.2) is 17.8 Å². The molecular weight excluding hydrogens is 233 g/mol. The van der Waals surface area contributed by atoms with Crippen molar-refractivity contribution >= 4 is 23.2 Å². The van der Waals surface area contributed by atoms with Crippen LogP contribution in [0.1, 0.15) is 18.5 Å². The summed E-state index contributed by atoms with van der Waals surface area (Å²) in [5, 5.41) is 13.2. The maximum atomic E-state index is 9.03. The van der Waals surface area contributed by atoms with Gasteiger partial charge in [-0.3, -0.25) is 0 Å². The van der Waals surface area contributed by atoms with Crippen molar-refractivity contribution in [2.45, 2.75) is 19.1 Å². The zero-order valence-electron chi connectivity index (χ0n) is 8.50. The van der Waals surface area contributed by atoms with E-state index in [1.807, 2.05) is 19.1 Å². The van der Waals surface area contributed by atoms with E-state index in [-0.39, 0.29) is 6.04 Å². The first-order valence-corrected chi connectivity index (χ1v) is 5.45. The Morgan fingerprint density at radius 1 is 1.40 bits per heavy atom. The van der Waals surface area contributed by atoms with Crippen molar-refractivity contribution in [1.29, 1.82) is 0 Å². The second-order valence-corrected chi connectivity index (χ2v) is 4.27. The summed E-state index contributed by atoms with van der Waals surface area (Å²) in [4.78, 5) is 0. The lowest BCUT2D eigenvalue weighted by Gasteiger charge is -2.15. The van der Waals surface area contributed by atoms with Gasteiger partial charge in [-0.2, -0.15) is 0 Å². The van der Waals surface area contributed by atoms with Gasteiger partial charge in [0.05, 0.1) is 16.1 Å². The van der Waals surface area contributed by atoms with E-state index in [9.17, 15) is 0 Å². The zero-order valence-corrected chi connectivity index (χ0v) is 10.0. The molecule has 1 rings (SSSR count). The maximum Gasteiger partial charge on any atom is 0.0665 e. The van der Waals surface area contributed by atoms with E-state index in [4.69, 9.17) is 28.3 Å². The fourth-order valence-corrected chi connectivity index (χ4v) is 1.52. The molecule has 1 aromatic rings. The third kappa shape index (κ3) is 3.99. The molecule has 0 aliphatic carbocycles. The predicted molar refractivity (Wildman–Crippen MR) is 64.2 cm³/mol.